The van der Waals surface area contributed by atoms with E-state index in [0.29, 0.717) is 5.02 Å². The van der Waals surface area contributed by atoms with Gasteiger partial charge in [-0.25, -0.2) is 4.79 Å². The molecule has 0 unspecified atom stereocenters. The molecule has 0 atom stereocenters. The van der Waals surface area contributed by atoms with Crippen LogP contribution in [0.4, 0.5) is 5.69 Å². The summed E-state index contributed by atoms with van der Waals surface area (Å²) < 4.78 is 4.86. The van der Waals surface area contributed by atoms with Gasteiger partial charge in [-0.05, 0) is 24.3 Å². The predicted octanol–water partition coefficient (Wildman–Crippen LogP) is 3.94. The largest absolute Gasteiger partial charge is 0.454 e. The van der Waals surface area contributed by atoms with Crippen LogP contribution in [0.2, 0.25) is 10.0 Å². The first-order valence-electron chi connectivity index (χ1n) is 6.28. The molecule has 0 fully saturated rings. The van der Waals surface area contributed by atoms with Gasteiger partial charge in [0, 0.05) is 22.7 Å². The Morgan fingerprint density at radius 3 is 2.52 bits per heavy atom. The predicted molar refractivity (Wildman–Crippen MR) is 84.2 cm³/mol. The van der Waals surface area contributed by atoms with Gasteiger partial charge >= 0.3 is 5.97 Å². The first-order chi connectivity index (χ1) is 10.9. The molecule has 8 heteroatoms. The zero-order valence-corrected chi connectivity index (χ0v) is 13.0. The highest BCUT2D eigenvalue weighted by atomic mass is 35.5. The number of carbonyl (C=O) groups is 2. The third-order valence-corrected chi connectivity index (χ3v) is 3.41. The average Bonchev–Trinajstić information content (AvgIpc) is 2.52. The van der Waals surface area contributed by atoms with Gasteiger partial charge in [-0.3, -0.25) is 14.9 Å². The second-order valence-electron chi connectivity index (χ2n) is 4.43. The van der Waals surface area contributed by atoms with Gasteiger partial charge in [-0.15, -0.1) is 0 Å². The fourth-order valence-corrected chi connectivity index (χ4v) is 2.27. The summed E-state index contributed by atoms with van der Waals surface area (Å²) >= 11 is 11.6. The second-order valence-corrected chi connectivity index (χ2v) is 5.27. The lowest BCUT2D eigenvalue weighted by Gasteiger charge is -2.06. The molecule has 0 N–H and O–H groups in total. The van der Waals surface area contributed by atoms with E-state index < -0.39 is 23.3 Å². The molecular formula is C15H9Cl2NO5. The summed E-state index contributed by atoms with van der Waals surface area (Å²) in [4.78, 5) is 33.9. The van der Waals surface area contributed by atoms with Crippen LogP contribution in [0.15, 0.2) is 42.5 Å². The topological polar surface area (TPSA) is 86.5 Å². The summed E-state index contributed by atoms with van der Waals surface area (Å²) in [6.45, 7) is -0.539. The molecule has 0 aliphatic heterocycles. The Morgan fingerprint density at radius 1 is 1.13 bits per heavy atom. The number of carbonyl (C=O) groups excluding carboxylic acids is 2. The van der Waals surface area contributed by atoms with Crippen LogP contribution in [-0.4, -0.2) is 23.3 Å². The van der Waals surface area contributed by atoms with E-state index in [1.807, 2.05) is 0 Å². The van der Waals surface area contributed by atoms with Gasteiger partial charge in [-0.2, -0.15) is 0 Å². The van der Waals surface area contributed by atoms with E-state index in [2.05, 4.69) is 0 Å². The van der Waals surface area contributed by atoms with Crippen LogP contribution < -0.4 is 0 Å². The minimum absolute atomic E-state index is 0.0193. The zero-order chi connectivity index (χ0) is 17.0. The van der Waals surface area contributed by atoms with Crippen molar-refractivity contribution in [1.29, 1.82) is 0 Å². The van der Waals surface area contributed by atoms with Gasteiger partial charge in [0.1, 0.15) is 0 Å². The number of benzene rings is 2. The number of rotatable bonds is 5. The smallest absolute Gasteiger partial charge is 0.338 e. The molecule has 0 aliphatic rings. The molecule has 0 amide bonds. The fraction of sp³-hybridized carbons (Fsp3) is 0.0667. The summed E-state index contributed by atoms with van der Waals surface area (Å²) in [5.41, 5.74) is -0.0939. The van der Waals surface area contributed by atoms with Crippen molar-refractivity contribution in [2.45, 2.75) is 0 Å². The third-order valence-electron chi connectivity index (χ3n) is 2.86. The lowest BCUT2D eigenvalue weighted by molar-refractivity contribution is -0.384. The molecule has 0 radical (unpaired) electrons. The van der Waals surface area contributed by atoms with Gasteiger partial charge in [0.25, 0.3) is 5.69 Å². The summed E-state index contributed by atoms with van der Waals surface area (Å²) in [6.07, 6.45) is 0. The summed E-state index contributed by atoms with van der Waals surface area (Å²) in [6, 6.07) is 9.34. The number of ketones is 1. The number of hydrogen-bond donors (Lipinski definition) is 0. The Balaban J connectivity index is 2.05. The molecule has 0 aliphatic carbocycles. The van der Waals surface area contributed by atoms with E-state index in [1.54, 1.807) is 0 Å². The number of esters is 1. The first kappa shape index (κ1) is 16.9. The lowest BCUT2D eigenvalue weighted by Crippen LogP contribution is -2.14. The van der Waals surface area contributed by atoms with Gasteiger partial charge < -0.3 is 4.74 Å². The molecule has 0 heterocycles. The number of Topliss-reactive ketones (excluding diaryl/α,β-unsaturated/α-hetero) is 1. The first-order valence-corrected chi connectivity index (χ1v) is 7.04. The number of non-ortho nitro benzene ring substituents is 1. The molecule has 0 bridgehead atoms. The summed E-state index contributed by atoms with van der Waals surface area (Å²) in [5, 5.41) is 11.2. The highest BCUT2D eigenvalue weighted by Gasteiger charge is 2.16. The van der Waals surface area contributed by atoms with E-state index in [-0.39, 0.29) is 21.8 Å². The molecule has 0 aromatic heterocycles. The van der Waals surface area contributed by atoms with Crippen molar-refractivity contribution in [3.05, 3.63) is 73.8 Å². The van der Waals surface area contributed by atoms with Gasteiger partial charge in [0.05, 0.1) is 15.5 Å². The highest BCUT2D eigenvalue weighted by Crippen LogP contribution is 2.21. The van der Waals surface area contributed by atoms with Crippen LogP contribution in [-0.2, 0) is 4.74 Å². The fourth-order valence-electron chi connectivity index (χ4n) is 1.75. The van der Waals surface area contributed by atoms with E-state index in [0.717, 1.165) is 6.07 Å². The van der Waals surface area contributed by atoms with Crippen molar-refractivity contribution in [2.24, 2.45) is 0 Å². The van der Waals surface area contributed by atoms with Crippen molar-refractivity contribution in [2.75, 3.05) is 6.61 Å². The Kier molecular flexibility index (Phi) is 5.31. The van der Waals surface area contributed by atoms with E-state index in [1.165, 1.54) is 36.4 Å². The molecule has 2 rings (SSSR count). The molecule has 23 heavy (non-hydrogen) atoms. The van der Waals surface area contributed by atoms with Crippen LogP contribution in [0, 0.1) is 10.1 Å². The highest BCUT2D eigenvalue weighted by molar-refractivity contribution is 6.36. The standard InChI is InChI=1S/C15H9Cl2NO5/c16-10-4-5-12(13(17)7-10)14(19)8-23-15(20)9-2-1-3-11(6-9)18(21)22/h1-7H,8H2. The van der Waals surface area contributed by atoms with Crippen molar-refractivity contribution >= 4 is 40.6 Å². The van der Waals surface area contributed by atoms with Crippen LogP contribution >= 0.6 is 23.2 Å². The van der Waals surface area contributed by atoms with Gasteiger partial charge in [0.2, 0.25) is 5.78 Å². The Morgan fingerprint density at radius 2 is 1.87 bits per heavy atom. The number of nitro benzene ring substituents is 1. The Labute approximate surface area is 140 Å². The number of ether oxygens (including phenoxy) is 1. The minimum Gasteiger partial charge on any atom is -0.454 e. The molecule has 6 nitrogen and oxygen atoms in total. The number of hydrogen-bond acceptors (Lipinski definition) is 5. The van der Waals surface area contributed by atoms with E-state index >= 15 is 0 Å². The van der Waals surface area contributed by atoms with Crippen molar-refractivity contribution in [3.8, 4) is 0 Å². The van der Waals surface area contributed by atoms with E-state index in [4.69, 9.17) is 27.9 Å². The van der Waals surface area contributed by atoms with Crippen LogP contribution in [0.3, 0.4) is 0 Å². The van der Waals surface area contributed by atoms with Crippen molar-refractivity contribution in [1.82, 2.24) is 0 Å². The van der Waals surface area contributed by atoms with E-state index in [9.17, 15) is 19.7 Å². The average molecular weight is 354 g/mol. The maximum atomic E-state index is 12.0. The SMILES string of the molecule is O=C(OCC(=O)c1ccc(Cl)cc1Cl)c1cccc([N+](=O)[O-])c1. The molecular weight excluding hydrogens is 345 g/mol. The quantitative estimate of drug-likeness (QED) is 0.351. The number of nitrogens with zero attached hydrogens (tertiary/aromatic N) is 1. The third kappa shape index (κ3) is 4.28. The van der Waals surface area contributed by atoms with Crippen LogP contribution in [0.25, 0.3) is 0 Å². The number of halogens is 2. The second kappa shape index (κ2) is 7.21. The van der Waals surface area contributed by atoms with Gasteiger partial charge in [0.15, 0.2) is 6.61 Å². The molecule has 2 aromatic carbocycles. The molecule has 0 saturated carbocycles. The Hall–Kier alpha value is -2.44. The zero-order valence-electron chi connectivity index (χ0n) is 11.5. The summed E-state index contributed by atoms with van der Waals surface area (Å²) in [5.74, 6) is -1.35. The number of nitro groups is 1. The molecule has 0 spiro atoms. The van der Waals surface area contributed by atoms with Crippen molar-refractivity contribution < 1.29 is 19.2 Å². The van der Waals surface area contributed by atoms with Crippen LogP contribution in [0.5, 0.6) is 0 Å². The van der Waals surface area contributed by atoms with Crippen LogP contribution in [0.1, 0.15) is 20.7 Å². The van der Waals surface area contributed by atoms with Crippen molar-refractivity contribution in [3.63, 3.8) is 0 Å². The monoisotopic (exact) mass is 353 g/mol. The summed E-state index contributed by atoms with van der Waals surface area (Å²) in [7, 11) is 0. The molecule has 118 valence electrons. The molecule has 0 saturated heterocycles. The Bertz CT molecular complexity index is 791. The maximum absolute atomic E-state index is 12.0. The van der Waals surface area contributed by atoms with Gasteiger partial charge in [-0.1, -0.05) is 29.3 Å². The maximum Gasteiger partial charge on any atom is 0.338 e. The molecule has 2 aromatic rings. The lowest BCUT2D eigenvalue weighted by atomic mass is 10.1. The minimum atomic E-state index is -0.841. The normalized spacial score (nSPS) is 10.2.